The summed E-state index contributed by atoms with van der Waals surface area (Å²) in [6.07, 6.45) is 26.8. The zero-order valence-electron chi connectivity index (χ0n) is 28.6. The monoisotopic (exact) mass is 623 g/mol. The van der Waals surface area contributed by atoms with Gasteiger partial charge in [0.25, 0.3) is 0 Å². The fourth-order valence-electron chi connectivity index (χ4n) is 6.88. The van der Waals surface area contributed by atoms with E-state index in [1.807, 2.05) is 13.0 Å². The van der Waals surface area contributed by atoms with Gasteiger partial charge in [-0.2, -0.15) is 0 Å². The van der Waals surface area contributed by atoms with Crippen LogP contribution in [0.15, 0.2) is 24.0 Å². The highest BCUT2D eigenvalue weighted by atomic mass is 16.5. The molecule has 2 rings (SSSR count). The van der Waals surface area contributed by atoms with Crippen LogP contribution in [0.5, 0.6) is 0 Å². The van der Waals surface area contributed by atoms with Crippen LogP contribution in [-0.4, -0.2) is 63.2 Å². The second kappa shape index (κ2) is 24.3. The minimum Gasteiger partial charge on any atom is -0.487 e. The Balaban J connectivity index is 1.38. The summed E-state index contributed by atoms with van der Waals surface area (Å²) in [5.41, 5.74) is 1.03. The maximum atomic E-state index is 10.7. The zero-order chi connectivity index (χ0) is 32.0. The van der Waals surface area contributed by atoms with Crippen LogP contribution in [0, 0.1) is 0 Å². The fourth-order valence-corrected chi connectivity index (χ4v) is 6.88. The third-order valence-corrected chi connectivity index (χ3v) is 9.74. The highest BCUT2D eigenvalue weighted by Gasteiger charge is 2.34. The predicted octanol–water partition coefficient (Wildman–Crippen LogP) is 8.83. The van der Waals surface area contributed by atoms with Gasteiger partial charge in [0.1, 0.15) is 11.9 Å². The van der Waals surface area contributed by atoms with Crippen molar-refractivity contribution in [2.24, 2.45) is 0 Å². The van der Waals surface area contributed by atoms with Gasteiger partial charge in [0, 0.05) is 6.42 Å². The first-order valence-corrected chi connectivity index (χ1v) is 18.7. The average molecular weight is 623 g/mol. The van der Waals surface area contributed by atoms with Crippen LogP contribution < -0.4 is 0 Å². The Morgan fingerprint density at radius 2 is 1.05 bits per heavy atom. The van der Waals surface area contributed by atoms with Crippen molar-refractivity contribution < 1.29 is 29.9 Å². The van der Waals surface area contributed by atoms with Crippen LogP contribution in [0.4, 0.5) is 0 Å². The lowest BCUT2D eigenvalue weighted by atomic mass is 9.99. The van der Waals surface area contributed by atoms with E-state index in [0.717, 1.165) is 102 Å². The molecule has 258 valence electrons. The normalized spacial score (nSPS) is 23.0. The Hall–Kier alpha value is -0.920. The molecule has 0 spiro atoms. The number of ether oxygens (including phenoxy) is 2. The van der Waals surface area contributed by atoms with Crippen molar-refractivity contribution in [2.75, 3.05) is 0 Å². The summed E-state index contributed by atoms with van der Waals surface area (Å²) in [7, 11) is 0. The molecule has 2 aliphatic heterocycles. The Labute approximate surface area is 270 Å². The quantitative estimate of drug-likeness (QED) is 0.0651. The van der Waals surface area contributed by atoms with Crippen molar-refractivity contribution in [3.63, 3.8) is 0 Å². The molecule has 2 heterocycles. The first-order valence-electron chi connectivity index (χ1n) is 18.7. The SMILES string of the molecule is C=C1OC(C)C=C1CC(O)CCCCCC(O)CCCCCCC(O)C1CCC(C(O)CCCCCCCCCCCC)O1. The number of rotatable bonds is 28. The van der Waals surface area contributed by atoms with Gasteiger partial charge >= 0.3 is 0 Å². The molecule has 7 unspecified atom stereocenters. The smallest absolute Gasteiger partial charge is 0.116 e. The van der Waals surface area contributed by atoms with E-state index in [4.69, 9.17) is 9.47 Å². The second-order valence-corrected chi connectivity index (χ2v) is 14.0. The minimum absolute atomic E-state index is 0.0573. The Bertz CT molecular complexity index is 754. The van der Waals surface area contributed by atoms with E-state index in [9.17, 15) is 20.4 Å². The van der Waals surface area contributed by atoms with Gasteiger partial charge < -0.3 is 29.9 Å². The van der Waals surface area contributed by atoms with Crippen LogP contribution in [0.25, 0.3) is 0 Å². The lowest BCUT2D eigenvalue weighted by molar-refractivity contribution is -0.0786. The molecule has 0 aromatic carbocycles. The molecule has 0 aliphatic carbocycles. The molecule has 0 saturated carbocycles. The van der Waals surface area contributed by atoms with Gasteiger partial charge in [-0.1, -0.05) is 123 Å². The van der Waals surface area contributed by atoms with Crippen LogP contribution in [0.2, 0.25) is 0 Å². The molecular formula is C38H70O6. The fraction of sp³-hybridized carbons (Fsp3) is 0.895. The number of aliphatic hydroxyl groups is 4. The van der Waals surface area contributed by atoms with Crippen LogP contribution in [0.1, 0.15) is 174 Å². The second-order valence-electron chi connectivity index (χ2n) is 14.0. The number of hydrogen-bond acceptors (Lipinski definition) is 6. The molecule has 6 nitrogen and oxygen atoms in total. The van der Waals surface area contributed by atoms with Crippen molar-refractivity contribution in [1.82, 2.24) is 0 Å². The average Bonchev–Trinajstić information content (AvgIpc) is 3.61. The standard InChI is InChI=1S/C38H70O6/c1-4-5-6-7-8-9-10-11-12-19-24-35(41)37-26-27-38(44-37)36(42)25-20-14-13-16-21-33(39)22-17-15-18-23-34(40)29-32-28-30(2)43-31(32)3/h28,30,33-42H,3-27,29H2,1-2H3. The van der Waals surface area contributed by atoms with Crippen LogP contribution in [-0.2, 0) is 9.47 Å². The Morgan fingerprint density at radius 3 is 1.50 bits per heavy atom. The van der Waals surface area contributed by atoms with E-state index >= 15 is 0 Å². The number of aliphatic hydroxyl groups excluding tert-OH is 4. The Kier molecular flexibility index (Phi) is 21.7. The summed E-state index contributed by atoms with van der Waals surface area (Å²) in [4.78, 5) is 0. The molecule has 7 atom stereocenters. The molecule has 1 fully saturated rings. The highest BCUT2D eigenvalue weighted by molar-refractivity contribution is 5.29. The number of hydrogen-bond donors (Lipinski definition) is 4. The van der Waals surface area contributed by atoms with Crippen molar-refractivity contribution >= 4 is 0 Å². The number of unbranched alkanes of at least 4 members (excludes halogenated alkanes) is 14. The Morgan fingerprint density at radius 1 is 0.636 bits per heavy atom. The van der Waals surface area contributed by atoms with Gasteiger partial charge in [0.15, 0.2) is 0 Å². The molecule has 6 heteroatoms. The third-order valence-electron chi connectivity index (χ3n) is 9.74. The number of allylic oxidation sites excluding steroid dienone is 1. The maximum absolute atomic E-state index is 10.7. The molecular weight excluding hydrogens is 552 g/mol. The first-order chi connectivity index (χ1) is 21.3. The maximum Gasteiger partial charge on any atom is 0.116 e. The van der Waals surface area contributed by atoms with Crippen molar-refractivity contribution in [3.05, 3.63) is 24.0 Å². The summed E-state index contributed by atoms with van der Waals surface area (Å²) in [5, 5.41) is 41.9. The van der Waals surface area contributed by atoms with Gasteiger partial charge in [0.05, 0.1) is 36.6 Å². The molecule has 0 radical (unpaired) electrons. The molecule has 44 heavy (non-hydrogen) atoms. The van der Waals surface area contributed by atoms with E-state index in [-0.39, 0.29) is 30.5 Å². The molecule has 0 aromatic rings. The summed E-state index contributed by atoms with van der Waals surface area (Å²) in [6.45, 7) is 8.15. The topological polar surface area (TPSA) is 99.4 Å². The molecule has 4 N–H and O–H groups in total. The van der Waals surface area contributed by atoms with Gasteiger partial charge in [-0.05, 0) is 63.5 Å². The van der Waals surface area contributed by atoms with E-state index in [1.165, 1.54) is 57.8 Å². The highest BCUT2D eigenvalue weighted by Crippen LogP contribution is 2.29. The van der Waals surface area contributed by atoms with E-state index in [1.54, 1.807) is 0 Å². The van der Waals surface area contributed by atoms with Gasteiger partial charge in [-0.3, -0.25) is 0 Å². The lowest BCUT2D eigenvalue weighted by Gasteiger charge is -2.22. The lowest BCUT2D eigenvalue weighted by Crippen LogP contribution is -2.31. The van der Waals surface area contributed by atoms with E-state index in [0.29, 0.717) is 12.2 Å². The zero-order valence-corrected chi connectivity index (χ0v) is 28.6. The molecule has 0 amide bonds. The summed E-state index contributed by atoms with van der Waals surface area (Å²) in [5.74, 6) is 0.692. The van der Waals surface area contributed by atoms with Crippen molar-refractivity contribution in [1.29, 1.82) is 0 Å². The summed E-state index contributed by atoms with van der Waals surface area (Å²) < 4.78 is 11.6. The van der Waals surface area contributed by atoms with Crippen molar-refractivity contribution in [2.45, 2.75) is 217 Å². The van der Waals surface area contributed by atoms with Gasteiger partial charge in [-0.15, -0.1) is 0 Å². The van der Waals surface area contributed by atoms with Gasteiger partial charge in [0.2, 0.25) is 0 Å². The molecule has 1 saturated heterocycles. The summed E-state index contributed by atoms with van der Waals surface area (Å²) in [6, 6.07) is 0. The largest absolute Gasteiger partial charge is 0.487 e. The van der Waals surface area contributed by atoms with Crippen LogP contribution in [0.3, 0.4) is 0 Å². The molecule has 0 aromatic heterocycles. The predicted molar refractivity (Wildman–Crippen MR) is 182 cm³/mol. The van der Waals surface area contributed by atoms with E-state index < -0.39 is 12.2 Å². The molecule has 0 bridgehead atoms. The first kappa shape index (κ1) is 39.3. The summed E-state index contributed by atoms with van der Waals surface area (Å²) >= 11 is 0. The van der Waals surface area contributed by atoms with Crippen LogP contribution >= 0.6 is 0 Å². The molecule has 2 aliphatic rings. The minimum atomic E-state index is -0.445. The third kappa shape index (κ3) is 17.7. The van der Waals surface area contributed by atoms with E-state index in [2.05, 4.69) is 13.5 Å². The van der Waals surface area contributed by atoms with Gasteiger partial charge in [-0.25, -0.2) is 0 Å². The van der Waals surface area contributed by atoms with Crippen molar-refractivity contribution in [3.8, 4) is 0 Å².